The minimum absolute atomic E-state index is 0.0181. The predicted octanol–water partition coefficient (Wildman–Crippen LogP) is 4.22. The second kappa shape index (κ2) is 12.3. The number of amides is 2. The Kier molecular flexibility index (Phi) is 9.41. The highest BCUT2D eigenvalue weighted by molar-refractivity contribution is 6.10. The van der Waals surface area contributed by atoms with E-state index >= 15 is 0 Å². The molecular weight excluding hydrogens is 493 g/mol. The first kappa shape index (κ1) is 28.3. The van der Waals surface area contributed by atoms with Gasteiger partial charge in [-0.25, -0.2) is 9.79 Å². The van der Waals surface area contributed by atoms with Crippen LogP contribution in [-0.4, -0.2) is 62.1 Å². The SMILES string of the molecule is CCOC(=O)NC1CCC(N=C(NC(=O)C2=CC(C)OC2C(F)(F)F)Nc2cc(OC)ccc2C)CC1. The summed E-state index contributed by atoms with van der Waals surface area (Å²) >= 11 is 0. The molecule has 1 aliphatic carbocycles. The monoisotopic (exact) mass is 526 g/mol. The first-order chi connectivity index (χ1) is 17.5. The van der Waals surface area contributed by atoms with Crippen molar-refractivity contribution >= 4 is 23.6 Å². The Morgan fingerprint density at radius 2 is 1.89 bits per heavy atom. The number of carbonyl (C=O) groups excluding carboxylic acids is 2. The molecule has 12 heteroatoms. The number of guanidine groups is 1. The zero-order valence-electron chi connectivity index (χ0n) is 21.3. The molecular formula is C25H33F3N4O5. The number of ether oxygens (including phenoxy) is 3. The van der Waals surface area contributed by atoms with E-state index in [0.29, 0.717) is 37.1 Å². The van der Waals surface area contributed by atoms with Crippen LogP contribution in [0, 0.1) is 6.92 Å². The molecule has 1 aromatic carbocycles. The first-order valence-corrected chi connectivity index (χ1v) is 12.2. The minimum Gasteiger partial charge on any atom is -0.497 e. The molecule has 1 aromatic rings. The maximum absolute atomic E-state index is 13.5. The van der Waals surface area contributed by atoms with Gasteiger partial charge in [0, 0.05) is 17.8 Å². The number of methoxy groups -OCH3 is 1. The Labute approximate surface area is 213 Å². The molecule has 204 valence electrons. The van der Waals surface area contributed by atoms with Gasteiger partial charge in [-0.2, -0.15) is 13.2 Å². The Morgan fingerprint density at radius 3 is 2.51 bits per heavy atom. The van der Waals surface area contributed by atoms with Gasteiger partial charge in [-0.15, -0.1) is 0 Å². The molecule has 0 spiro atoms. The number of carbonyl (C=O) groups is 2. The van der Waals surface area contributed by atoms with Crippen LogP contribution < -0.4 is 20.7 Å². The van der Waals surface area contributed by atoms with Gasteiger partial charge in [-0.1, -0.05) is 6.07 Å². The fraction of sp³-hybridized carbons (Fsp3) is 0.560. The molecule has 3 rings (SSSR count). The number of hydrogen-bond acceptors (Lipinski definition) is 6. The van der Waals surface area contributed by atoms with Gasteiger partial charge in [0.1, 0.15) is 5.75 Å². The number of nitrogens with zero attached hydrogens (tertiary/aromatic N) is 1. The van der Waals surface area contributed by atoms with E-state index in [0.717, 1.165) is 11.6 Å². The highest BCUT2D eigenvalue weighted by atomic mass is 19.4. The van der Waals surface area contributed by atoms with E-state index < -0.39 is 36.0 Å². The van der Waals surface area contributed by atoms with Gasteiger partial charge in [0.2, 0.25) is 5.96 Å². The number of aryl methyl sites for hydroxylation is 1. The van der Waals surface area contributed by atoms with Gasteiger partial charge in [0.25, 0.3) is 5.91 Å². The number of aliphatic imine (C=N–C) groups is 1. The highest BCUT2D eigenvalue weighted by Crippen LogP contribution is 2.34. The van der Waals surface area contributed by atoms with Crippen LogP contribution in [0.5, 0.6) is 5.75 Å². The average molecular weight is 527 g/mol. The van der Waals surface area contributed by atoms with Crippen molar-refractivity contribution in [3.63, 3.8) is 0 Å². The molecule has 0 saturated heterocycles. The first-order valence-electron chi connectivity index (χ1n) is 12.2. The molecule has 0 bridgehead atoms. The van der Waals surface area contributed by atoms with E-state index in [2.05, 4.69) is 20.9 Å². The smallest absolute Gasteiger partial charge is 0.419 e. The lowest BCUT2D eigenvalue weighted by molar-refractivity contribution is -0.207. The Morgan fingerprint density at radius 1 is 1.19 bits per heavy atom. The number of hydrogen-bond donors (Lipinski definition) is 3. The minimum atomic E-state index is -4.73. The van der Waals surface area contributed by atoms with Gasteiger partial charge in [-0.3, -0.25) is 10.1 Å². The zero-order chi connectivity index (χ0) is 27.2. The van der Waals surface area contributed by atoms with E-state index in [1.54, 1.807) is 19.1 Å². The fourth-order valence-electron chi connectivity index (χ4n) is 4.25. The van der Waals surface area contributed by atoms with Crippen molar-refractivity contribution in [2.45, 2.75) is 76.9 Å². The molecule has 1 aliphatic heterocycles. The van der Waals surface area contributed by atoms with Gasteiger partial charge in [-0.05, 0) is 64.2 Å². The summed E-state index contributed by atoms with van der Waals surface area (Å²) in [6.45, 7) is 5.28. The van der Waals surface area contributed by atoms with Crippen LogP contribution in [0.15, 0.2) is 34.8 Å². The molecule has 2 atom stereocenters. The molecule has 2 amide bonds. The van der Waals surface area contributed by atoms with Crippen molar-refractivity contribution in [1.29, 1.82) is 0 Å². The summed E-state index contributed by atoms with van der Waals surface area (Å²) in [7, 11) is 1.51. The largest absolute Gasteiger partial charge is 0.497 e. The standard InChI is InChI=1S/C25H33F3N4O5/c1-5-36-24(34)30-17-9-7-16(8-10-17)29-23(31-20-13-18(35-4)11-6-14(20)2)32-22(33)19-12-15(3)37-21(19)25(26,27)28/h6,11-13,15-17,21H,5,7-10H2,1-4H3,(H,30,34)(H2,29,31,32,33). The second-order valence-electron chi connectivity index (χ2n) is 8.99. The molecule has 2 unspecified atom stereocenters. The van der Waals surface area contributed by atoms with E-state index in [-0.39, 0.29) is 24.7 Å². The van der Waals surface area contributed by atoms with Crippen LogP contribution in [0.2, 0.25) is 0 Å². The number of anilines is 1. The summed E-state index contributed by atoms with van der Waals surface area (Å²) < 4.78 is 55.5. The molecule has 37 heavy (non-hydrogen) atoms. The quantitative estimate of drug-likeness (QED) is 0.378. The van der Waals surface area contributed by atoms with Gasteiger partial charge in [0.15, 0.2) is 6.10 Å². The molecule has 9 nitrogen and oxygen atoms in total. The number of rotatable bonds is 6. The molecule has 1 heterocycles. The lowest BCUT2D eigenvalue weighted by atomic mass is 9.92. The van der Waals surface area contributed by atoms with Crippen molar-refractivity contribution in [1.82, 2.24) is 10.6 Å². The number of alkyl carbamates (subject to hydrolysis) is 1. The van der Waals surface area contributed by atoms with Crippen LogP contribution >= 0.6 is 0 Å². The van der Waals surface area contributed by atoms with Crippen LogP contribution in [0.25, 0.3) is 0 Å². The van der Waals surface area contributed by atoms with Crippen molar-refractivity contribution in [2.75, 3.05) is 19.0 Å². The zero-order valence-corrected chi connectivity index (χ0v) is 21.3. The van der Waals surface area contributed by atoms with E-state index in [9.17, 15) is 22.8 Å². The topological polar surface area (TPSA) is 110 Å². The van der Waals surface area contributed by atoms with Gasteiger partial charge in [0.05, 0.1) is 31.4 Å². The van der Waals surface area contributed by atoms with E-state index in [1.807, 2.05) is 13.0 Å². The van der Waals surface area contributed by atoms with E-state index in [1.165, 1.54) is 14.0 Å². The normalized spacial score (nSPS) is 24.2. The third kappa shape index (κ3) is 7.85. The summed E-state index contributed by atoms with van der Waals surface area (Å²) in [6.07, 6.45) is -4.74. The lowest BCUT2D eigenvalue weighted by Gasteiger charge is -2.27. The summed E-state index contributed by atoms with van der Waals surface area (Å²) in [6, 6.07) is 4.99. The molecule has 0 radical (unpaired) electrons. The lowest BCUT2D eigenvalue weighted by Crippen LogP contribution is -2.43. The van der Waals surface area contributed by atoms with Crippen LogP contribution in [0.1, 0.15) is 45.1 Å². The summed E-state index contributed by atoms with van der Waals surface area (Å²) in [5.41, 5.74) is 0.878. The van der Waals surface area contributed by atoms with Crippen molar-refractivity contribution < 1.29 is 37.0 Å². The summed E-state index contributed by atoms with van der Waals surface area (Å²) in [4.78, 5) is 29.3. The van der Waals surface area contributed by atoms with Crippen LogP contribution in [-0.2, 0) is 14.3 Å². The summed E-state index contributed by atoms with van der Waals surface area (Å²) in [5, 5.41) is 8.38. The Bertz CT molecular complexity index is 1040. The molecule has 0 aromatic heterocycles. The summed E-state index contributed by atoms with van der Waals surface area (Å²) in [5.74, 6) is -0.372. The molecule has 2 aliphatic rings. The number of benzene rings is 1. The van der Waals surface area contributed by atoms with Gasteiger partial charge < -0.3 is 24.8 Å². The molecule has 1 fully saturated rings. The molecule has 1 saturated carbocycles. The second-order valence-corrected chi connectivity index (χ2v) is 8.99. The fourth-order valence-corrected chi connectivity index (χ4v) is 4.25. The van der Waals surface area contributed by atoms with Crippen molar-refractivity contribution in [2.24, 2.45) is 4.99 Å². The molecule has 3 N–H and O–H groups in total. The Hall–Kier alpha value is -3.28. The predicted molar refractivity (Wildman–Crippen MR) is 132 cm³/mol. The van der Waals surface area contributed by atoms with E-state index in [4.69, 9.17) is 14.2 Å². The maximum atomic E-state index is 13.5. The number of nitrogens with one attached hydrogen (secondary N) is 3. The van der Waals surface area contributed by atoms with Crippen molar-refractivity contribution in [3.05, 3.63) is 35.4 Å². The third-order valence-corrected chi connectivity index (χ3v) is 6.14. The van der Waals surface area contributed by atoms with Crippen molar-refractivity contribution in [3.8, 4) is 5.75 Å². The van der Waals surface area contributed by atoms with Crippen LogP contribution in [0.3, 0.4) is 0 Å². The van der Waals surface area contributed by atoms with Crippen LogP contribution in [0.4, 0.5) is 23.7 Å². The number of alkyl halides is 3. The maximum Gasteiger partial charge on any atom is 0.419 e. The average Bonchev–Trinajstić information content (AvgIpc) is 3.24. The Balaban J connectivity index is 1.79. The third-order valence-electron chi connectivity index (χ3n) is 6.14. The number of halogens is 3. The highest BCUT2D eigenvalue weighted by Gasteiger charge is 2.49. The van der Waals surface area contributed by atoms with Gasteiger partial charge >= 0.3 is 12.3 Å².